The van der Waals surface area contributed by atoms with Gasteiger partial charge in [0.2, 0.25) is 0 Å². The number of hydrogen-bond donors (Lipinski definition) is 1. The molecule has 7 heteroatoms. The molecule has 0 unspecified atom stereocenters. The van der Waals surface area contributed by atoms with E-state index in [0.29, 0.717) is 0 Å². The molecule has 5 nitrogen and oxygen atoms in total. The lowest BCUT2D eigenvalue weighted by molar-refractivity contribution is -1.63. The summed E-state index contributed by atoms with van der Waals surface area (Å²) in [7, 11) is 0. The zero-order chi connectivity index (χ0) is 6.28. The maximum atomic E-state index is 8.63. The molecule has 0 fully saturated rings. The van der Waals surface area contributed by atoms with Crippen LogP contribution in [0.1, 0.15) is 0 Å². The molecule has 7 heavy (non-hydrogen) atoms. The molecular formula is HBrO5S. The fourth-order valence-corrected chi connectivity index (χ4v) is 0. The molecule has 0 saturated carbocycles. The molecule has 0 heterocycles. The second kappa shape index (κ2) is 9.49. The zero-order valence-corrected chi connectivity index (χ0v) is 5.27. The van der Waals surface area contributed by atoms with Crippen molar-refractivity contribution in [2.75, 3.05) is 0 Å². The van der Waals surface area contributed by atoms with E-state index in [0.717, 1.165) is 0 Å². The van der Waals surface area contributed by atoms with E-state index in [1.807, 2.05) is 0 Å². The summed E-state index contributed by atoms with van der Waals surface area (Å²) in [5.74, 6) is 0. The molecule has 44 valence electrons. The lowest BCUT2D eigenvalue weighted by Crippen LogP contribution is -2.30. The van der Waals surface area contributed by atoms with Gasteiger partial charge in [0.25, 0.3) is 0 Å². The third kappa shape index (κ3) is 3330. The van der Waals surface area contributed by atoms with E-state index in [1.54, 1.807) is 0 Å². The lowest BCUT2D eigenvalue weighted by Gasteiger charge is -1.69. The summed E-state index contributed by atoms with van der Waals surface area (Å²) < 4.78 is 40.9. The van der Waals surface area contributed by atoms with Gasteiger partial charge in [0.05, 0.1) is 0 Å². The molecule has 0 radical (unpaired) electrons. The number of rotatable bonds is 0. The molecule has 0 aromatic rings. The average Bonchev–Trinajstić information content (AvgIpc) is 1.33. The van der Waals surface area contributed by atoms with Crippen molar-refractivity contribution in [1.29, 1.82) is 0 Å². The summed E-state index contributed by atoms with van der Waals surface area (Å²) in [5.41, 5.74) is 0. The van der Waals surface area contributed by atoms with Crippen molar-refractivity contribution in [2.24, 2.45) is 0 Å². The topological polar surface area (TPSA) is 100 Å². The molecule has 0 aliphatic carbocycles. The summed E-state index contributed by atoms with van der Waals surface area (Å²) in [4.78, 5) is 0. The van der Waals surface area contributed by atoms with Gasteiger partial charge in [-0.25, -0.2) is 0 Å². The Balaban J connectivity index is 0. The van der Waals surface area contributed by atoms with Crippen molar-refractivity contribution in [1.82, 2.24) is 0 Å². The van der Waals surface area contributed by atoms with Crippen molar-refractivity contribution in [3.63, 3.8) is 0 Å². The highest BCUT2D eigenvalue weighted by Gasteiger charge is 1.86. The molecule has 0 aliphatic rings. The van der Waals surface area contributed by atoms with E-state index in [1.165, 1.54) is 0 Å². The van der Waals surface area contributed by atoms with Crippen molar-refractivity contribution in [3.05, 3.63) is 0 Å². The maximum Gasteiger partial charge on any atom is 0.433 e. The molecule has 0 aromatic carbocycles. The van der Waals surface area contributed by atoms with Crippen LogP contribution < -0.4 is 8.40 Å². The van der Waals surface area contributed by atoms with Crippen molar-refractivity contribution in [3.8, 4) is 0 Å². The van der Waals surface area contributed by atoms with E-state index in [2.05, 4.69) is 0 Å². The van der Waals surface area contributed by atoms with Gasteiger partial charge in [-0.15, -0.1) is 0 Å². The van der Waals surface area contributed by atoms with Crippen LogP contribution >= 0.6 is 0 Å². The minimum Gasteiger partial charge on any atom is -0.372 e. The predicted octanol–water partition coefficient (Wildman–Crippen LogP) is -3.61. The summed E-state index contributed by atoms with van der Waals surface area (Å²) in [5, 5.41) is 0. The molecule has 0 atom stereocenters. The van der Waals surface area contributed by atoms with Crippen LogP contribution in [0.5, 0.6) is 0 Å². The normalized spacial score (nSPS) is 6.86. The van der Waals surface area contributed by atoms with Gasteiger partial charge >= 0.3 is 26.4 Å². The van der Waals surface area contributed by atoms with Gasteiger partial charge in [0.15, 0.2) is 0 Å². The van der Waals surface area contributed by atoms with Crippen LogP contribution in [0.3, 0.4) is 0 Å². The highest BCUT2D eigenvalue weighted by molar-refractivity contribution is 7.51. The van der Waals surface area contributed by atoms with Gasteiger partial charge in [-0.3, -0.25) is 0 Å². The van der Waals surface area contributed by atoms with Gasteiger partial charge < -0.3 is 8.40 Å². The summed E-state index contributed by atoms with van der Waals surface area (Å²) >= 11 is -4.15. The van der Waals surface area contributed by atoms with E-state index >= 15 is 0 Å². The first-order valence-electron chi connectivity index (χ1n) is 0.811. The van der Waals surface area contributed by atoms with Gasteiger partial charge in [-0.1, -0.05) is 0 Å². The minimum absolute atomic E-state index is 0.750. The van der Waals surface area contributed by atoms with Crippen LogP contribution in [-0.4, -0.2) is 12.6 Å². The largest absolute Gasteiger partial charge is 0.433 e. The van der Waals surface area contributed by atoms with Gasteiger partial charge in [-0.05, 0) is 4.20 Å². The highest BCUT2D eigenvalue weighted by Crippen LogP contribution is 1.38. The fraction of sp³-hybridized carbons (Fsp3) is 0. The Labute approximate surface area is 48.0 Å². The summed E-state index contributed by atoms with van der Waals surface area (Å²) in [6.07, 6.45) is 0. The maximum absolute atomic E-state index is 8.63. The Morgan fingerprint density at radius 1 is 1.43 bits per heavy atom. The minimum atomic E-state index is -3.40. The molecule has 0 spiro atoms. The lowest BCUT2D eigenvalue weighted by atomic mass is 15.9. The quantitative estimate of drug-likeness (QED) is 0.428. The van der Waals surface area contributed by atoms with E-state index < -0.39 is 26.4 Å². The van der Waals surface area contributed by atoms with E-state index in [-0.39, 0.29) is 0 Å². The highest BCUT2D eigenvalue weighted by atomic mass is 80.0. The Kier molecular flexibility index (Phi) is 13.9. The zero-order valence-electron chi connectivity index (χ0n) is 2.87. The molecule has 0 bridgehead atoms. The average molecular weight is 193 g/mol. The second-order valence-corrected chi connectivity index (χ2v) is 1.25. The molecule has 1 N–H and O–H groups in total. The van der Waals surface area contributed by atoms with Crippen LogP contribution in [-0.2, 0) is 11.6 Å². The SMILES string of the molecule is O=S=O.[O-][Br+2]([O-])O. The number of halogens is 1. The van der Waals surface area contributed by atoms with Gasteiger partial charge in [-0.2, -0.15) is 8.42 Å². The first-order valence-corrected chi connectivity index (χ1v) is 3.48. The Morgan fingerprint density at radius 3 is 1.43 bits per heavy atom. The third-order valence-electron chi connectivity index (χ3n) is 0. The van der Waals surface area contributed by atoms with E-state index in [4.69, 9.17) is 21.0 Å². The van der Waals surface area contributed by atoms with Crippen LogP contribution in [0.25, 0.3) is 0 Å². The van der Waals surface area contributed by atoms with Crippen molar-refractivity contribution in [2.45, 2.75) is 0 Å². The van der Waals surface area contributed by atoms with Gasteiger partial charge in [0.1, 0.15) is 0 Å². The Morgan fingerprint density at radius 2 is 1.43 bits per heavy atom. The Bertz CT molecular complexity index is 50.3. The molecule has 0 aromatic heterocycles. The predicted molar refractivity (Wildman–Crippen MR) is 11.1 cm³/mol. The number of hydrogen-bond acceptors (Lipinski definition) is 5. The first-order chi connectivity index (χ1) is 3.15. The third-order valence-corrected chi connectivity index (χ3v) is 0. The summed E-state index contributed by atoms with van der Waals surface area (Å²) in [6, 6.07) is 0. The smallest absolute Gasteiger partial charge is 0.372 e. The molecular weight excluding hydrogens is 192 g/mol. The standard InChI is InChI=1S/BrHO3.O2S/c2-1(3)4;1-3-2/h2H;. The van der Waals surface area contributed by atoms with Crippen molar-refractivity contribution < 1.29 is 35.8 Å². The molecule has 0 amide bonds. The van der Waals surface area contributed by atoms with E-state index in [9.17, 15) is 0 Å². The monoisotopic (exact) mass is 192 g/mol. The second-order valence-electron chi connectivity index (χ2n) is 0.269. The Hall–Kier alpha value is 0.180. The van der Waals surface area contributed by atoms with Gasteiger partial charge in [0, 0.05) is 0 Å². The van der Waals surface area contributed by atoms with Crippen LogP contribution in [0, 0.1) is 14.8 Å². The summed E-state index contributed by atoms with van der Waals surface area (Å²) in [6.45, 7) is 0. The fourth-order valence-electron chi connectivity index (χ4n) is 0. The van der Waals surface area contributed by atoms with Crippen molar-refractivity contribution >= 4 is 11.6 Å². The first kappa shape index (κ1) is 10.2. The molecule has 0 rings (SSSR count). The molecule has 0 saturated heterocycles. The molecule has 0 aliphatic heterocycles. The van der Waals surface area contributed by atoms with Crippen LogP contribution in [0.2, 0.25) is 0 Å². The van der Waals surface area contributed by atoms with Crippen LogP contribution in [0.15, 0.2) is 0 Å². The van der Waals surface area contributed by atoms with Crippen LogP contribution in [0.4, 0.5) is 0 Å².